The van der Waals surface area contributed by atoms with Crippen molar-refractivity contribution in [1.29, 1.82) is 0 Å². The predicted molar refractivity (Wildman–Crippen MR) is 101 cm³/mol. The van der Waals surface area contributed by atoms with Crippen LogP contribution in [0.4, 0.5) is 4.39 Å². The summed E-state index contributed by atoms with van der Waals surface area (Å²) in [7, 11) is 1.42. The highest BCUT2D eigenvalue weighted by Crippen LogP contribution is 2.33. The number of carbonyl (C=O) groups excluding carboxylic acids is 1. The Bertz CT molecular complexity index is 902. The van der Waals surface area contributed by atoms with Gasteiger partial charge in [0.2, 0.25) is 0 Å². The molecule has 0 radical (unpaired) electrons. The number of thiazole rings is 1. The second-order valence-corrected chi connectivity index (χ2v) is 8.81. The number of halogens is 1. The van der Waals surface area contributed by atoms with Crippen molar-refractivity contribution in [3.05, 3.63) is 45.0 Å². The fourth-order valence-electron chi connectivity index (χ4n) is 3.06. The predicted octanol–water partition coefficient (Wildman–Crippen LogP) is 4.45. The second kappa shape index (κ2) is 6.99. The highest BCUT2D eigenvalue weighted by molar-refractivity contribution is 7.09. The first-order chi connectivity index (χ1) is 12.2. The van der Waals surface area contributed by atoms with Crippen LogP contribution in [0.15, 0.2) is 23.2 Å². The minimum absolute atomic E-state index is 0.0352. The van der Waals surface area contributed by atoms with Gasteiger partial charge >= 0.3 is 0 Å². The van der Waals surface area contributed by atoms with Crippen molar-refractivity contribution >= 4 is 17.2 Å². The second-order valence-electron chi connectivity index (χ2n) is 7.84. The molecule has 1 amide bonds. The van der Waals surface area contributed by atoms with E-state index in [1.165, 1.54) is 48.3 Å². The van der Waals surface area contributed by atoms with E-state index in [9.17, 15) is 9.18 Å². The topological polar surface area (TPSA) is 43.6 Å². The van der Waals surface area contributed by atoms with Gasteiger partial charge in [0.15, 0.2) is 4.80 Å². The minimum Gasteiger partial charge on any atom is -0.496 e. The van der Waals surface area contributed by atoms with E-state index >= 15 is 0 Å². The third kappa shape index (κ3) is 3.75. The van der Waals surface area contributed by atoms with Gasteiger partial charge in [-0.05, 0) is 43.2 Å². The van der Waals surface area contributed by atoms with E-state index in [0.717, 1.165) is 12.2 Å². The summed E-state index contributed by atoms with van der Waals surface area (Å²) in [6, 6.07) is 4.35. The Balaban J connectivity index is 2.12. The van der Waals surface area contributed by atoms with Crippen LogP contribution in [0.5, 0.6) is 5.75 Å². The summed E-state index contributed by atoms with van der Waals surface area (Å²) in [6.45, 7) is 9.39. The number of aromatic nitrogens is 1. The van der Waals surface area contributed by atoms with E-state index in [2.05, 4.69) is 37.3 Å². The van der Waals surface area contributed by atoms with E-state index in [1.54, 1.807) is 6.07 Å². The van der Waals surface area contributed by atoms with Gasteiger partial charge in [-0.3, -0.25) is 4.79 Å². The lowest BCUT2D eigenvalue weighted by atomic mass is 9.93. The third-order valence-electron chi connectivity index (χ3n) is 4.58. The Morgan fingerprint density at radius 3 is 2.65 bits per heavy atom. The normalized spacial score (nSPS) is 15.4. The number of methoxy groups -OCH3 is 1. The van der Waals surface area contributed by atoms with Crippen LogP contribution in [0, 0.1) is 18.7 Å². The molecule has 0 saturated heterocycles. The lowest BCUT2D eigenvalue weighted by molar-refractivity contribution is 0.0990. The van der Waals surface area contributed by atoms with Crippen molar-refractivity contribution in [2.75, 3.05) is 7.11 Å². The molecule has 6 heteroatoms. The maximum Gasteiger partial charge on any atom is 0.286 e. The quantitative estimate of drug-likeness (QED) is 0.791. The lowest BCUT2D eigenvalue weighted by Gasteiger charge is -2.17. The zero-order chi connectivity index (χ0) is 19.1. The molecule has 1 saturated carbocycles. The Morgan fingerprint density at radius 1 is 1.38 bits per heavy atom. The Morgan fingerprint density at radius 2 is 2.08 bits per heavy atom. The minimum atomic E-state index is -0.615. The molecule has 1 aromatic carbocycles. The first-order valence-corrected chi connectivity index (χ1v) is 9.66. The summed E-state index contributed by atoms with van der Waals surface area (Å²) in [6.07, 6.45) is 2.42. The molecule has 1 heterocycles. The van der Waals surface area contributed by atoms with Crippen LogP contribution >= 0.6 is 11.3 Å². The maximum atomic E-state index is 14.2. The molecule has 0 unspecified atom stereocenters. The van der Waals surface area contributed by atoms with Gasteiger partial charge in [0.1, 0.15) is 17.1 Å². The molecule has 0 atom stereocenters. The zero-order valence-electron chi connectivity index (χ0n) is 15.9. The van der Waals surface area contributed by atoms with Crippen molar-refractivity contribution in [2.24, 2.45) is 10.9 Å². The Labute approximate surface area is 157 Å². The van der Waals surface area contributed by atoms with E-state index in [0.29, 0.717) is 10.7 Å². The fourth-order valence-corrected chi connectivity index (χ4v) is 4.26. The summed E-state index contributed by atoms with van der Waals surface area (Å²) in [5.41, 5.74) is 0.991. The molecule has 140 valence electrons. The van der Waals surface area contributed by atoms with Crippen molar-refractivity contribution < 1.29 is 13.9 Å². The number of ether oxygens (including phenoxy) is 1. The molecule has 4 nitrogen and oxygen atoms in total. The summed E-state index contributed by atoms with van der Waals surface area (Å²) in [4.78, 5) is 18.9. The van der Waals surface area contributed by atoms with E-state index in [-0.39, 0.29) is 16.7 Å². The average molecular weight is 376 g/mol. The molecule has 1 aliphatic rings. The number of hydrogen-bond acceptors (Lipinski definition) is 3. The maximum absolute atomic E-state index is 14.2. The standard InChI is InChI=1S/C20H25FN2O2S/c1-12-17(20(2,3)4)26-19(23(12)11-13-9-10-13)22-18(24)16-14(21)7-6-8-15(16)25-5/h6-8,13H,9-11H2,1-5H3. The summed E-state index contributed by atoms with van der Waals surface area (Å²) in [5, 5.41) is 0. The summed E-state index contributed by atoms with van der Waals surface area (Å²) < 4.78 is 21.5. The smallest absolute Gasteiger partial charge is 0.286 e. The Hall–Kier alpha value is -1.95. The van der Waals surface area contributed by atoms with Gasteiger partial charge in [-0.2, -0.15) is 4.99 Å². The fraction of sp³-hybridized carbons (Fsp3) is 0.500. The van der Waals surface area contributed by atoms with Crippen LogP contribution in [-0.2, 0) is 12.0 Å². The number of hydrogen-bond donors (Lipinski definition) is 0. The molecular weight excluding hydrogens is 351 g/mol. The van der Waals surface area contributed by atoms with Crippen LogP contribution in [-0.4, -0.2) is 17.6 Å². The van der Waals surface area contributed by atoms with Gasteiger partial charge in [0, 0.05) is 17.1 Å². The molecule has 2 aromatic rings. The molecule has 1 fully saturated rings. The first kappa shape index (κ1) is 18.8. The molecule has 0 N–H and O–H groups in total. The van der Waals surface area contributed by atoms with E-state index in [1.807, 2.05) is 0 Å². The van der Waals surface area contributed by atoms with Gasteiger partial charge in [0.05, 0.1) is 7.11 Å². The summed E-state index contributed by atoms with van der Waals surface area (Å²) >= 11 is 1.52. The third-order valence-corrected chi connectivity index (χ3v) is 6.19. The molecule has 26 heavy (non-hydrogen) atoms. The number of nitrogens with zero attached hydrogens (tertiary/aromatic N) is 2. The molecule has 0 spiro atoms. The number of rotatable bonds is 4. The van der Waals surface area contributed by atoms with Crippen LogP contribution in [0.2, 0.25) is 0 Å². The van der Waals surface area contributed by atoms with Gasteiger partial charge in [-0.1, -0.05) is 26.8 Å². The van der Waals surface area contributed by atoms with Crippen LogP contribution in [0.3, 0.4) is 0 Å². The van der Waals surface area contributed by atoms with Gasteiger partial charge in [-0.25, -0.2) is 4.39 Å². The highest BCUT2D eigenvalue weighted by atomic mass is 32.1. The monoisotopic (exact) mass is 376 g/mol. The zero-order valence-corrected chi connectivity index (χ0v) is 16.7. The molecule has 1 aliphatic carbocycles. The molecule has 0 aliphatic heterocycles. The number of benzene rings is 1. The van der Waals surface area contributed by atoms with Crippen LogP contribution < -0.4 is 9.54 Å². The van der Waals surface area contributed by atoms with Crippen molar-refractivity contribution in [3.8, 4) is 5.75 Å². The van der Waals surface area contributed by atoms with Gasteiger partial charge < -0.3 is 9.30 Å². The lowest BCUT2D eigenvalue weighted by Crippen LogP contribution is -2.20. The molecule has 0 bridgehead atoms. The SMILES string of the molecule is COc1cccc(F)c1C(=O)N=c1sc(C(C)(C)C)c(C)n1CC1CC1. The van der Waals surface area contributed by atoms with E-state index in [4.69, 9.17) is 4.74 Å². The average Bonchev–Trinajstić information content (AvgIpc) is 3.33. The Kier molecular flexibility index (Phi) is 5.06. The van der Waals surface area contributed by atoms with Crippen molar-refractivity contribution in [1.82, 2.24) is 4.57 Å². The molecular formula is C20H25FN2O2S. The van der Waals surface area contributed by atoms with Crippen LogP contribution in [0.1, 0.15) is 54.5 Å². The van der Waals surface area contributed by atoms with Crippen molar-refractivity contribution in [2.45, 2.75) is 52.5 Å². The largest absolute Gasteiger partial charge is 0.496 e. The van der Waals surface area contributed by atoms with Gasteiger partial charge in [0.25, 0.3) is 5.91 Å². The molecule has 1 aromatic heterocycles. The van der Waals surface area contributed by atoms with Crippen molar-refractivity contribution in [3.63, 3.8) is 0 Å². The first-order valence-electron chi connectivity index (χ1n) is 8.84. The number of amides is 1. The highest BCUT2D eigenvalue weighted by Gasteiger charge is 2.27. The van der Waals surface area contributed by atoms with Crippen LogP contribution in [0.25, 0.3) is 0 Å². The number of carbonyl (C=O) groups is 1. The van der Waals surface area contributed by atoms with Gasteiger partial charge in [-0.15, -0.1) is 11.3 Å². The molecule has 3 rings (SSSR count). The van der Waals surface area contributed by atoms with E-state index < -0.39 is 11.7 Å². The summed E-state index contributed by atoms with van der Waals surface area (Å²) in [5.74, 6) is -0.368.